The third-order valence-corrected chi connectivity index (χ3v) is 6.81. The molecule has 1 saturated heterocycles. The summed E-state index contributed by atoms with van der Waals surface area (Å²) in [6.45, 7) is 3.50. The van der Waals surface area contributed by atoms with Crippen molar-refractivity contribution in [2.45, 2.75) is 32.6 Å². The maximum atomic E-state index is 13.4. The Morgan fingerprint density at radius 1 is 1.12 bits per heavy atom. The lowest BCUT2D eigenvalue weighted by Crippen LogP contribution is -2.38. The van der Waals surface area contributed by atoms with Gasteiger partial charge in [-0.2, -0.15) is 0 Å². The summed E-state index contributed by atoms with van der Waals surface area (Å²) in [4.78, 5) is 27.9. The van der Waals surface area contributed by atoms with Crippen molar-refractivity contribution in [1.82, 2.24) is 15.4 Å². The standard InChI is InChI=1S/C27H29N3O3/c1-18-7-12-24-23(15-18)25(29-33-24)27(32)30-14-13-28-26(31)22(17-30)16-19-8-10-21(11-9-19)20-5-3-2-4-6-20/h2-6,8-11,18,22H,7,12-17H2,1H3,(H,28,31)/t18-,22-/m0/s1. The zero-order valence-electron chi connectivity index (χ0n) is 18.9. The van der Waals surface area contributed by atoms with Crippen molar-refractivity contribution in [3.63, 3.8) is 0 Å². The Hall–Kier alpha value is -3.41. The summed E-state index contributed by atoms with van der Waals surface area (Å²) >= 11 is 0. The number of rotatable bonds is 4. The van der Waals surface area contributed by atoms with Gasteiger partial charge in [-0.15, -0.1) is 0 Å². The first-order valence-electron chi connectivity index (χ1n) is 11.8. The third kappa shape index (κ3) is 4.56. The van der Waals surface area contributed by atoms with Crippen LogP contribution in [0.4, 0.5) is 0 Å². The van der Waals surface area contributed by atoms with Gasteiger partial charge >= 0.3 is 0 Å². The molecule has 0 saturated carbocycles. The lowest BCUT2D eigenvalue weighted by molar-refractivity contribution is -0.124. The molecule has 1 aliphatic carbocycles. The van der Waals surface area contributed by atoms with Crippen molar-refractivity contribution >= 4 is 11.8 Å². The number of benzene rings is 2. The third-order valence-electron chi connectivity index (χ3n) is 6.81. The number of aryl methyl sites for hydroxylation is 1. The first-order valence-corrected chi connectivity index (χ1v) is 11.8. The van der Waals surface area contributed by atoms with E-state index in [1.165, 1.54) is 5.56 Å². The largest absolute Gasteiger partial charge is 0.360 e. The number of hydrogen-bond acceptors (Lipinski definition) is 4. The summed E-state index contributed by atoms with van der Waals surface area (Å²) in [5.41, 5.74) is 4.77. The molecule has 3 aromatic rings. The molecule has 6 nitrogen and oxygen atoms in total. The normalized spacial score (nSPS) is 20.6. The van der Waals surface area contributed by atoms with E-state index in [1.54, 1.807) is 4.90 Å². The SMILES string of the molecule is C[C@H]1CCc2onc(C(=O)N3CCNC(=O)[C@@H](Cc4ccc(-c5ccccc5)cc4)C3)c2C1. The van der Waals surface area contributed by atoms with Crippen molar-refractivity contribution in [2.75, 3.05) is 19.6 Å². The maximum absolute atomic E-state index is 13.4. The van der Waals surface area contributed by atoms with Gasteiger partial charge in [0.05, 0.1) is 5.92 Å². The summed E-state index contributed by atoms with van der Waals surface area (Å²) in [6.07, 6.45) is 3.29. The van der Waals surface area contributed by atoms with Gasteiger partial charge in [0.15, 0.2) is 5.69 Å². The van der Waals surface area contributed by atoms with Gasteiger partial charge in [-0.25, -0.2) is 0 Å². The van der Waals surface area contributed by atoms with Crippen LogP contribution >= 0.6 is 0 Å². The Bertz CT molecular complexity index is 1140. The van der Waals surface area contributed by atoms with E-state index in [9.17, 15) is 9.59 Å². The van der Waals surface area contributed by atoms with E-state index in [1.807, 2.05) is 18.2 Å². The summed E-state index contributed by atoms with van der Waals surface area (Å²) in [6, 6.07) is 18.5. The van der Waals surface area contributed by atoms with Gasteiger partial charge in [-0.05, 0) is 41.9 Å². The average molecular weight is 444 g/mol. The van der Waals surface area contributed by atoms with Gasteiger partial charge in [0, 0.05) is 31.6 Å². The second-order valence-electron chi connectivity index (χ2n) is 9.29. The molecule has 0 unspecified atom stereocenters. The van der Waals surface area contributed by atoms with Gasteiger partial charge in [0.1, 0.15) is 5.76 Å². The Labute approximate surface area is 194 Å². The lowest BCUT2D eigenvalue weighted by atomic mass is 9.88. The Morgan fingerprint density at radius 3 is 2.67 bits per heavy atom. The van der Waals surface area contributed by atoms with Crippen molar-refractivity contribution in [2.24, 2.45) is 11.8 Å². The molecule has 1 N–H and O–H groups in total. The predicted molar refractivity (Wildman–Crippen MR) is 126 cm³/mol. The molecule has 0 spiro atoms. The number of aromatic nitrogens is 1. The van der Waals surface area contributed by atoms with Crippen LogP contribution in [-0.2, 0) is 24.1 Å². The van der Waals surface area contributed by atoms with Crippen molar-refractivity contribution in [3.05, 3.63) is 77.2 Å². The van der Waals surface area contributed by atoms with Crippen LogP contribution in [0.2, 0.25) is 0 Å². The molecule has 33 heavy (non-hydrogen) atoms. The summed E-state index contributed by atoms with van der Waals surface area (Å²) in [5.74, 6) is 0.918. The molecular formula is C27H29N3O3. The van der Waals surface area contributed by atoms with Crippen LogP contribution in [0, 0.1) is 11.8 Å². The van der Waals surface area contributed by atoms with Crippen molar-refractivity contribution < 1.29 is 14.1 Å². The van der Waals surface area contributed by atoms with Crippen LogP contribution in [0.1, 0.15) is 40.7 Å². The summed E-state index contributed by atoms with van der Waals surface area (Å²) < 4.78 is 5.49. The molecule has 2 heterocycles. The highest BCUT2D eigenvalue weighted by molar-refractivity contribution is 5.94. The molecule has 0 radical (unpaired) electrons. The van der Waals surface area contributed by atoms with Gasteiger partial charge in [-0.1, -0.05) is 66.7 Å². The monoisotopic (exact) mass is 443 g/mol. The Morgan fingerprint density at radius 2 is 1.88 bits per heavy atom. The first-order chi connectivity index (χ1) is 16.1. The molecule has 1 fully saturated rings. The minimum atomic E-state index is -0.305. The van der Waals surface area contributed by atoms with Gasteiger partial charge < -0.3 is 14.7 Å². The molecule has 170 valence electrons. The van der Waals surface area contributed by atoms with Gasteiger partial charge in [0.25, 0.3) is 5.91 Å². The number of fused-ring (bicyclic) bond motifs is 1. The van der Waals surface area contributed by atoms with Crippen LogP contribution in [0.3, 0.4) is 0 Å². The molecule has 0 bridgehead atoms. The highest BCUT2D eigenvalue weighted by Gasteiger charge is 2.33. The molecule has 2 aromatic carbocycles. The minimum Gasteiger partial charge on any atom is -0.360 e. The predicted octanol–water partition coefficient (Wildman–Crippen LogP) is 3.90. The summed E-state index contributed by atoms with van der Waals surface area (Å²) in [7, 11) is 0. The smallest absolute Gasteiger partial charge is 0.276 e. The van der Waals surface area contributed by atoms with Gasteiger partial charge in [0.2, 0.25) is 5.91 Å². The van der Waals surface area contributed by atoms with E-state index in [-0.39, 0.29) is 17.7 Å². The minimum absolute atomic E-state index is 0.00626. The fourth-order valence-electron chi connectivity index (χ4n) is 4.88. The zero-order chi connectivity index (χ0) is 22.8. The van der Waals surface area contributed by atoms with Crippen LogP contribution in [0.15, 0.2) is 59.1 Å². The number of carbonyl (C=O) groups excluding carboxylic acids is 2. The Kier molecular flexibility index (Phi) is 5.99. The number of hydrogen-bond donors (Lipinski definition) is 1. The first kappa shape index (κ1) is 21.4. The van der Waals surface area contributed by atoms with Crippen LogP contribution in [-0.4, -0.2) is 41.5 Å². The van der Waals surface area contributed by atoms with Crippen molar-refractivity contribution in [3.8, 4) is 11.1 Å². The van der Waals surface area contributed by atoms with Crippen LogP contribution < -0.4 is 5.32 Å². The fourth-order valence-corrected chi connectivity index (χ4v) is 4.88. The van der Waals surface area contributed by atoms with E-state index >= 15 is 0 Å². The second-order valence-corrected chi connectivity index (χ2v) is 9.29. The number of nitrogens with one attached hydrogen (secondary N) is 1. The van der Waals surface area contributed by atoms with E-state index in [4.69, 9.17) is 4.52 Å². The van der Waals surface area contributed by atoms with E-state index in [2.05, 4.69) is 53.8 Å². The molecule has 1 aliphatic heterocycles. The highest BCUT2D eigenvalue weighted by Crippen LogP contribution is 2.29. The maximum Gasteiger partial charge on any atom is 0.276 e. The molecule has 2 aliphatic rings. The fraction of sp³-hybridized carbons (Fsp3) is 0.370. The van der Waals surface area contributed by atoms with E-state index in [0.717, 1.165) is 41.7 Å². The van der Waals surface area contributed by atoms with E-state index < -0.39 is 0 Å². The highest BCUT2D eigenvalue weighted by atomic mass is 16.5. The quantitative estimate of drug-likeness (QED) is 0.664. The lowest BCUT2D eigenvalue weighted by Gasteiger charge is -2.23. The second kappa shape index (κ2) is 9.22. The zero-order valence-corrected chi connectivity index (χ0v) is 18.9. The molecule has 2 amide bonds. The van der Waals surface area contributed by atoms with Gasteiger partial charge in [-0.3, -0.25) is 9.59 Å². The number of amides is 2. The Balaban J connectivity index is 1.31. The molecular weight excluding hydrogens is 414 g/mol. The van der Waals surface area contributed by atoms with E-state index in [0.29, 0.717) is 37.7 Å². The average Bonchev–Trinajstić information content (AvgIpc) is 3.17. The molecule has 1 aromatic heterocycles. The summed E-state index contributed by atoms with van der Waals surface area (Å²) in [5, 5.41) is 7.11. The molecule has 6 heteroatoms. The van der Waals surface area contributed by atoms with Crippen LogP contribution in [0.5, 0.6) is 0 Å². The number of nitrogens with zero attached hydrogens (tertiary/aromatic N) is 2. The topological polar surface area (TPSA) is 75.4 Å². The number of carbonyl (C=O) groups is 2. The molecule has 5 rings (SSSR count). The van der Waals surface area contributed by atoms with Crippen LogP contribution in [0.25, 0.3) is 11.1 Å². The molecule has 2 atom stereocenters. The van der Waals surface area contributed by atoms with Crippen molar-refractivity contribution in [1.29, 1.82) is 0 Å².